The molecule has 3 rings (SSSR count). The SMILES string of the molecule is COc1cc(C)ccc1C(=O)N/N=C\c1cc(Br)ccc1OC(=O)c1ccc(C)cc1. The lowest BCUT2D eigenvalue weighted by Crippen LogP contribution is -2.18. The number of aryl methyl sites for hydroxylation is 2. The second kappa shape index (κ2) is 10.0. The number of benzene rings is 3. The molecule has 0 aliphatic rings. The average Bonchev–Trinajstić information content (AvgIpc) is 2.75. The number of ether oxygens (including phenoxy) is 2. The molecule has 0 saturated heterocycles. The fraction of sp³-hybridized carbons (Fsp3) is 0.125. The lowest BCUT2D eigenvalue weighted by Gasteiger charge is -2.09. The van der Waals surface area contributed by atoms with Crippen LogP contribution in [0, 0.1) is 13.8 Å². The fourth-order valence-corrected chi connectivity index (χ4v) is 3.15. The largest absolute Gasteiger partial charge is 0.496 e. The molecule has 3 aromatic rings. The molecule has 1 N–H and O–H groups in total. The summed E-state index contributed by atoms with van der Waals surface area (Å²) in [5.41, 5.74) is 5.83. The zero-order valence-electron chi connectivity index (χ0n) is 17.3. The zero-order valence-corrected chi connectivity index (χ0v) is 18.9. The molecule has 0 saturated carbocycles. The van der Waals surface area contributed by atoms with Crippen LogP contribution in [0.2, 0.25) is 0 Å². The van der Waals surface area contributed by atoms with Gasteiger partial charge in [0.25, 0.3) is 5.91 Å². The van der Waals surface area contributed by atoms with Crippen LogP contribution in [-0.2, 0) is 0 Å². The Labute approximate surface area is 189 Å². The summed E-state index contributed by atoms with van der Waals surface area (Å²) in [6, 6.07) is 17.5. The molecule has 31 heavy (non-hydrogen) atoms. The van der Waals surface area contributed by atoms with Gasteiger partial charge in [0.15, 0.2) is 0 Å². The highest BCUT2D eigenvalue weighted by atomic mass is 79.9. The summed E-state index contributed by atoms with van der Waals surface area (Å²) in [4.78, 5) is 24.9. The first kappa shape index (κ1) is 22.2. The average molecular weight is 481 g/mol. The van der Waals surface area contributed by atoms with Crippen LogP contribution in [0.4, 0.5) is 0 Å². The molecular weight excluding hydrogens is 460 g/mol. The van der Waals surface area contributed by atoms with Gasteiger partial charge in [-0.15, -0.1) is 0 Å². The lowest BCUT2D eigenvalue weighted by molar-refractivity contribution is 0.0734. The van der Waals surface area contributed by atoms with Gasteiger partial charge in [0.1, 0.15) is 11.5 Å². The van der Waals surface area contributed by atoms with Gasteiger partial charge in [-0.05, 0) is 61.9 Å². The molecule has 158 valence electrons. The number of hydrogen-bond donors (Lipinski definition) is 1. The molecule has 0 radical (unpaired) electrons. The van der Waals surface area contributed by atoms with Crippen molar-refractivity contribution in [2.24, 2.45) is 5.10 Å². The Kier molecular flexibility index (Phi) is 7.20. The van der Waals surface area contributed by atoms with E-state index in [9.17, 15) is 9.59 Å². The van der Waals surface area contributed by atoms with Crippen LogP contribution >= 0.6 is 15.9 Å². The number of methoxy groups -OCH3 is 1. The molecule has 6 nitrogen and oxygen atoms in total. The molecular formula is C24H21BrN2O4. The molecule has 0 fully saturated rings. The molecule has 0 unspecified atom stereocenters. The van der Waals surface area contributed by atoms with E-state index < -0.39 is 11.9 Å². The van der Waals surface area contributed by atoms with Crippen LogP contribution < -0.4 is 14.9 Å². The van der Waals surface area contributed by atoms with E-state index in [2.05, 4.69) is 26.5 Å². The Morgan fingerprint density at radius 1 is 0.935 bits per heavy atom. The van der Waals surface area contributed by atoms with Gasteiger partial charge >= 0.3 is 5.97 Å². The minimum absolute atomic E-state index is 0.319. The molecule has 0 spiro atoms. The summed E-state index contributed by atoms with van der Waals surface area (Å²) >= 11 is 3.39. The van der Waals surface area contributed by atoms with Crippen LogP contribution in [-0.4, -0.2) is 25.2 Å². The molecule has 0 heterocycles. The number of halogens is 1. The highest BCUT2D eigenvalue weighted by Crippen LogP contribution is 2.23. The molecule has 0 aliphatic heterocycles. The third kappa shape index (κ3) is 5.79. The third-order valence-electron chi connectivity index (χ3n) is 4.43. The maximum Gasteiger partial charge on any atom is 0.343 e. The van der Waals surface area contributed by atoms with Crippen LogP contribution in [0.25, 0.3) is 0 Å². The summed E-state index contributed by atoms with van der Waals surface area (Å²) in [6.45, 7) is 3.86. The Bertz CT molecular complexity index is 1140. The van der Waals surface area contributed by atoms with Gasteiger partial charge in [0.2, 0.25) is 0 Å². The van der Waals surface area contributed by atoms with E-state index in [0.717, 1.165) is 15.6 Å². The lowest BCUT2D eigenvalue weighted by atomic mass is 10.1. The molecule has 7 heteroatoms. The van der Waals surface area contributed by atoms with Crippen molar-refractivity contribution >= 4 is 34.0 Å². The number of hydrogen-bond acceptors (Lipinski definition) is 5. The number of amides is 1. The van der Waals surface area contributed by atoms with Crippen LogP contribution in [0.15, 0.2) is 70.2 Å². The number of nitrogens with zero attached hydrogens (tertiary/aromatic N) is 1. The first-order valence-electron chi connectivity index (χ1n) is 9.44. The summed E-state index contributed by atoms with van der Waals surface area (Å²) in [6.07, 6.45) is 1.42. The van der Waals surface area contributed by atoms with Gasteiger partial charge in [0.05, 0.1) is 24.5 Å². The molecule has 3 aromatic carbocycles. The molecule has 0 atom stereocenters. The highest BCUT2D eigenvalue weighted by Gasteiger charge is 2.13. The summed E-state index contributed by atoms with van der Waals surface area (Å²) in [7, 11) is 1.50. The monoisotopic (exact) mass is 480 g/mol. The first-order chi connectivity index (χ1) is 14.9. The number of carbonyl (C=O) groups excluding carboxylic acids is 2. The number of rotatable bonds is 6. The van der Waals surface area contributed by atoms with Gasteiger partial charge in [-0.25, -0.2) is 10.2 Å². The standard InChI is InChI=1S/C24H21BrN2O4/c1-15-4-7-17(8-5-15)24(29)31-21-11-9-19(25)13-18(21)14-26-27-23(28)20-10-6-16(2)12-22(20)30-3/h4-14H,1-3H3,(H,27,28)/b26-14-. The number of hydrazone groups is 1. The van der Waals surface area contributed by atoms with Crippen molar-refractivity contribution < 1.29 is 19.1 Å². The fourth-order valence-electron chi connectivity index (χ4n) is 2.77. The van der Waals surface area contributed by atoms with Crippen molar-refractivity contribution in [1.29, 1.82) is 0 Å². The molecule has 0 aliphatic carbocycles. The van der Waals surface area contributed by atoms with Gasteiger partial charge in [-0.1, -0.05) is 39.7 Å². The number of carbonyl (C=O) groups is 2. The minimum atomic E-state index is -0.481. The normalized spacial score (nSPS) is 10.7. The van der Waals surface area contributed by atoms with E-state index >= 15 is 0 Å². The van der Waals surface area contributed by atoms with Gasteiger partial charge in [0, 0.05) is 10.0 Å². The number of nitrogens with one attached hydrogen (secondary N) is 1. The molecule has 1 amide bonds. The predicted molar refractivity (Wildman–Crippen MR) is 123 cm³/mol. The first-order valence-corrected chi connectivity index (χ1v) is 10.2. The summed E-state index contributed by atoms with van der Waals surface area (Å²) < 4.78 is 11.6. The van der Waals surface area contributed by atoms with Crippen LogP contribution in [0.3, 0.4) is 0 Å². The maximum absolute atomic E-state index is 12.5. The van der Waals surface area contributed by atoms with Gasteiger partial charge in [-0.3, -0.25) is 4.79 Å². The van der Waals surface area contributed by atoms with Gasteiger partial charge < -0.3 is 9.47 Å². The Hall–Kier alpha value is -3.45. The van der Waals surface area contributed by atoms with E-state index in [1.807, 2.05) is 32.0 Å². The van der Waals surface area contributed by atoms with E-state index in [1.54, 1.807) is 42.5 Å². The molecule has 0 bridgehead atoms. The Morgan fingerprint density at radius 2 is 1.65 bits per heavy atom. The summed E-state index contributed by atoms with van der Waals surface area (Å²) in [5.74, 6) is -0.116. The van der Waals surface area contributed by atoms with Crippen LogP contribution in [0.1, 0.15) is 37.4 Å². The Balaban J connectivity index is 1.76. The van der Waals surface area contributed by atoms with Crippen molar-refractivity contribution in [1.82, 2.24) is 5.43 Å². The topological polar surface area (TPSA) is 77.0 Å². The van der Waals surface area contributed by atoms with E-state index in [4.69, 9.17) is 9.47 Å². The maximum atomic E-state index is 12.5. The smallest absolute Gasteiger partial charge is 0.343 e. The second-order valence-electron chi connectivity index (χ2n) is 6.84. The van der Waals surface area contributed by atoms with Crippen LogP contribution in [0.5, 0.6) is 11.5 Å². The second-order valence-corrected chi connectivity index (χ2v) is 7.76. The van der Waals surface area contributed by atoms with Crippen molar-refractivity contribution in [3.05, 3.63) is 93.0 Å². The third-order valence-corrected chi connectivity index (χ3v) is 4.93. The number of esters is 1. The highest BCUT2D eigenvalue weighted by molar-refractivity contribution is 9.10. The van der Waals surface area contributed by atoms with Crippen molar-refractivity contribution in [3.8, 4) is 11.5 Å². The molecule has 0 aromatic heterocycles. The Morgan fingerprint density at radius 3 is 2.35 bits per heavy atom. The van der Waals surface area contributed by atoms with Crippen molar-refractivity contribution in [3.63, 3.8) is 0 Å². The van der Waals surface area contributed by atoms with Crippen molar-refractivity contribution in [2.75, 3.05) is 7.11 Å². The van der Waals surface area contributed by atoms with Gasteiger partial charge in [-0.2, -0.15) is 5.10 Å². The predicted octanol–water partition coefficient (Wildman–Crippen LogP) is 5.06. The van der Waals surface area contributed by atoms with E-state index in [1.165, 1.54) is 13.3 Å². The quantitative estimate of drug-likeness (QED) is 0.231. The van der Waals surface area contributed by atoms with Crippen molar-refractivity contribution in [2.45, 2.75) is 13.8 Å². The minimum Gasteiger partial charge on any atom is -0.496 e. The summed E-state index contributed by atoms with van der Waals surface area (Å²) in [5, 5.41) is 4.02. The zero-order chi connectivity index (χ0) is 22.4. The van der Waals surface area contributed by atoms with E-state index in [-0.39, 0.29) is 0 Å². The van der Waals surface area contributed by atoms with E-state index in [0.29, 0.717) is 28.2 Å².